The third-order valence-corrected chi connectivity index (χ3v) is 4.86. The standard InChI is InChI=1S/C20H21N5O2/c1-13-6-5-9-18-21-12-16(20(27)25(13)18)19(26)22-11-15-10-17(24-23-15)14-7-3-2-4-8-14/h2-9,12,15,17,23-24H,10-11H2,1H3,(H,22,26). The molecule has 7 heteroatoms. The van der Waals surface area contributed by atoms with Crippen LogP contribution in [-0.2, 0) is 0 Å². The number of aromatic nitrogens is 2. The number of hydrogen-bond acceptors (Lipinski definition) is 5. The topological polar surface area (TPSA) is 87.5 Å². The lowest BCUT2D eigenvalue weighted by atomic mass is 10.0. The van der Waals surface area contributed by atoms with Gasteiger partial charge in [0.2, 0.25) is 0 Å². The molecule has 1 saturated heterocycles. The Balaban J connectivity index is 1.43. The Bertz CT molecular complexity index is 1030. The smallest absolute Gasteiger partial charge is 0.270 e. The molecule has 1 amide bonds. The Morgan fingerprint density at radius 2 is 2.00 bits per heavy atom. The molecule has 0 spiro atoms. The van der Waals surface area contributed by atoms with Crippen LogP contribution in [0.4, 0.5) is 0 Å². The minimum absolute atomic E-state index is 0.0485. The van der Waals surface area contributed by atoms with E-state index in [4.69, 9.17) is 0 Å². The Labute approximate surface area is 156 Å². The lowest BCUT2D eigenvalue weighted by Gasteiger charge is -2.11. The van der Waals surface area contributed by atoms with Crippen LogP contribution in [0.3, 0.4) is 0 Å². The van der Waals surface area contributed by atoms with E-state index >= 15 is 0 Å². The number of hydrazine groups is 1. The molecule has 0 bridgehead atoms. The summed E-state index contributed by atoms with van der Waals surface area (Å²) in [7, 11) is 0. The molecular weight excluding hydrogens is 342 g/mol. The Morgan fingerprint density at radius 3 is 2.81 bits per heavy atom. The molecule has 7 nitrogen and oxygen atoms in total. The summed E-state index contributed by atoms with van der Waals surface area (Å²) in [5.41, 5.74) is 8.62. The van der Waals surface area contributed by atoms with Crippen LogP contribution in [0.15, 0.2) is 59.5 Å². The average Bonchev–Trinajstić information content (AvgIpc) is 3.16. The van der Waals surface area contributed by atoms with E-state index in [0.29, 0.717) is 12.2 Å². The lowest BCUT2D eigenvalue weighted by Crippen LogP contribution is -2.41. The van der Waals surface area contributed by atoms with Gasteiger partial charge in [-0.05, 0) is 31.0 Å². The molecule has 1 fully saturated rings. The second kappa shape index (κ2) is 7.30. The number of nitrogens with zero attached hydrogens (tertiary/aromatic N) is 2. The van der Waals surface area contributed by atoms with Gasteiger partial charge in [-0.3, -0.25) is 19.4 Å². The zero-order valence-corrected chi connectivity index (χ0v) is 15.0. The Kier molecular flexibility index (Phi) is 4.70. The van der Waals surface area contributed by atoms with E-state index in [0.717, 1.165) is 12.1 Å². The van der Waals surface area contributed by atoms with E-state index in [1.807, 2.05) is 37.3 Å². The molecule has 138 valence electrons. The first-order valence-electron chi connectivity index (χ1n) is 8.95. The second-order valence-corrected chi connectivity index (χ2v) is 6.73. The third-order valence-electron chi connectivity index (χ3n) is 4.86. The van der Waals surface area contributed by atoms with E-state index in [9.17, 15) is 9.59 Å². The summed E-state index contributed by atoms with van der Waals surface area (Å²) in [4.78, 5) is 29.4. The van der Waals surface area contributed by atoms with Crippen LogP contribution >= 0.6 is 0 Å². The maximum atomic E-state index is 12.7. The summed E-state index contributed by atoms with van der Waals surface area (Å²) in [6.07, 6.45) is 2.19. The van der Waals surface area contributed by atoms with Gasteiger partial charge in [0.15, 0.2) is 0 Å². The van der Waals surface area contributed by atoms with Crippen LogP contribution in [-0.4, -0.2) is 27.9 Å². The van der Waals surface area contributed by atoms with Crippen molar-refractivity contribution in [3.05, 3.63) is 81.9 Å². The number of pyridine rings is 1. The van der Waals surface area contributed by atoms with Crippen molar-refractivity contribution in [3.8, 4) is 0 Å². The van der Waals surface area contributed by atoms with Gasteiger partial charge in [-0.1, -0.05) is 36.4 Å². The summed E-state index contributed by atoms with van der Waals surface area (Å²) in [6, 6.07) is 15.8. The van der Waals surface area contributed by atoms with Crippen LogP contribution in [0.5, 0.6) is 0 Å². The SMILES string of the molecule is Cc1cccc2ncc(C(=O)NCC3CC(c4ccccc4)NN3)c(=O)n12. The number of benzene rings is 1. The normalized spacial score (nSPS) is 19.3. The molecular formula is C20H21N5O2. The molecule has 2 unspecified atom stereocenters. The molecule has 3 aromatic rings. The molecule has 0 radical (unpaired) electrons. The van der Waals surface area contributed by atoms with Crippen molar-refractivity contribution in [2.24, 2.45) is 0 Å². The fraction of sp³-hybridized carbons (Fsp3) is 0.250. The van der Waals surface area contributed by atoms with Crippen LogP contribution in [0.1, 0.15) is 34.1 Å². The van der Waals surface area contributed by atoms with Crippen molar-refractivity contribution in [1.29, 1.82) is 0 Å². The zero-order chi connectivity index (χ0) is 18.8. The third kappa shape index (κ3) is 3.47. The molecule has 2 aromatic heterocycles. The monoisotopic (exact) mass is 363 g/mol. The minimum atomic E-state index is -0.407. The lowest BCUT2D eigenvalue weighted by molar-refractivity contribution is 0.0948. The predicted octanol–water partition coefficient (Wildman–Crippen LogP) is 1.34. The highest BCUT2D eigenvalue weighted by Crippen LogP contribution is 2.21. The van der Waals surface area contributed by atoms with Crippen molar-refractivity contribution in [2.45, 2.75) is 25.4 Å². The molecule has 2 atom stereocenters. The van der Waals surface area contributed by atoms with E-state index in [-0.39, 0.29) is 23.2 Å². The van der Waals surface area contributed by atoms with Crippen molar-refractivity contribution in [1.82, 2.24) is 25.6 Å². The number of fused-ring (bicyclic) bond motifs is 1. The van der Waals surface area contributed by atoms with E-state index in [1.165, 1.54) is 16.2 Å². The second-order valence-electron chi connectivity index (χ2n) is 6.73. The highest BCUT2D eigenvalue weighted by molar-refractivity contribution is 5.93. The van der Waals surface area contributed by atoms with Gasteiger partial charge >= 0.3 is 0 Å². The van der Waals surface area contributed by atoms with E-state index < -0.39 is 5.91 Å². The largest absolute Gasteiger partial charge is 0.350 e. The Hall–Kier alpha value is -3.03. The van der Waals surface area contributed by atoms with Gasteiger partial charge in [0, 0.05) is 30.5 Å². The van der Waals surface area contributed by atoms with E-state index in [2.05, 4.69) is 33.3 Å². The van der Waals surface area contributed by atoms with Crippen LogP contribution < -0.4 is 21.7 Å². The summed E-state index contributed by atoms with van der Waals surface area (Å²) in [6.45, 7) is 2.24. The van der Waals surface area contributed by atoms with Gasteiger partial charge in [-0.15, -0.1) is 0 Å². The van der Waals surface area contributed by atoms with Gasteiger partial charge in [0.25, 0.3) is 11.5 Å². The first kappa shape index (κ1) is 17.4. The Morgan fingerprint density at radius 1 is 1.19 bits per heavy atom. The summed E-state index contributed by atoms with van der Waals surface area (Å²) < 4.78 is 1.45. The fourth-order valence-electron chi connectivity index (χ4n) is 3.40. The van der Waals surface area contributed by atoms with Crippen LogP contribution in [0.2, 0.25) is 0 Å². The minimum Gasteiger partial charge on any atom is -0.350 e. The highest BCUT2D eigenvalue weighted by atomic mass is 16.2. The number of carbonyl (C=O) groups is 1. The van der Waals surface area contributed by atoms with Gasteiger partial charge in [-0.25, -0.2) is 10.4 Å². The number of carbonyl (C=O) groups excluding carboxylic acids is 1. The maximum absolute atomic E-state index is 12.7. The van der Waals surface area contributed by atoms with Crippen LogP contribution in [0.25, 0.3) is 5.65 Å². The molecule has 4 rings (SSSR count). The molecule has 0 aliphatic carbocycles. The van der Waals surface area contributed by atoms with Gasteiger partial charge in [0.1, 0.15) is 11.2 Å². The summed E-state index contributed by atoms with van der Waals surface area (Å²) in [5, 5.41) is 2.84. The van der Waals surface area contributed by atoms with Crippen molar-refractivity contribution < 1.29 is 4.79 Å². The van der Waals surface area contributed by atoms with E-state index in [1.54, 1.807) is 6.07 Å². The molecule has 1 aliphatic rings. The quantitative estimate of drug-likeness (QED) is 0.651. The predicted molar refractivity (Wildman–Crippen MR) is 102 cm³/mol. The first-order chi connectivity index (χ1) is 13.1. The number of amides is 1. The number of rotatable bonds is 4. The molecule has 3 N–H and O–H groups in total. The molecule has 1 aromatic carbocycles. The maximum Gasteiger partial charge on any atom is 0.270 e. The van der Waals surface area contributed by atoms with Gasteiger partial charge < -0.3 is 5.32 Å². The molecule has 1 aliphatic heterocycles. The summed E-state index contributed by atoms with van der Waals surface area (Å²) >= 11 is 0. The number of aryl methyl sites for hydroxylation is 1. The summed E-state index contributed by atoms with van der Waals surface area (Å²) in [5.74, 6) is -0.407. The molecule has 0 saturated carbocycles. The number of nitrogens with one attached hydrogen (secondary N) is 3. The van der Waals surface area contributed by atoms with Crippen molar-refractivity contribution >= 4 is 11.6 Å². The van der Waals surface area contributed by atoms with Crippen molar-refractivity contribution in [2.75, 3.05) is 6.54 Å². The van der Waals surface area contributed by atoms with Gasteiger partial charge in [-0.2, -0.15) is 0 Å². The first-order valence-corrected chi connectivity index (χ1v) is 8.95. The average molecular weight is 363 g/mol. The molecule has 3 heterocycles. The fourth-order valence-corrected chi connectivity index (χ4v) is 3.40. The molecule has 27 heavy (non-hydrogen) atoms. The van der Waals surface area contributed by atoms with Crippen molar-refractivity contribution in [3.63, 3.8) is 0 Å². The number of hydrogen-bond donors (Lipinski definition) is 3. The highest BCUT2D eigenvalue weighted by Gasteiger charge is 2.25. The van der Waals surface area contributed by atoms with Gasteiger partial charge in [0.05, 0.1) is 0 Å². The zero-order valence-electron chi connectivity index (χ0n) is 15.0. The van der Waals surface area contributed by atoms with Crippen LogP contribution in [0, 0.1) is 6.92 Å².